The molecule has 3 nitrogen and oxygen atoms in total. The molecule has 1 heterocycles. The molecule has 0 saturated carbocycles. The third kappa shape index (κ3) is 2.66. The Bertz CT molecular complexity index is 849. The largest absolute Gasteiger partial charge is 0.385 e. The van der Waals surface area contributed by atoms with Gasteiger partial charge in [-0.15, -0.1) is 0 Å². The van der Waals surface area contributed by atoms with Crippen molar-refractivity contribution < 1.29 is 5.11 Å². The van der Waals surface area contributed by atoms with Crippen molar-refractivity contribution in [2.45, 2.75) is 47.3 Å². The number of para-hydroxylation sites is 2. The van der Waals surface area contributed by atoms with Gasteiger partial charge in [-0.2, -0.15) is 0 Å². The SMILES string of the molecule is Cc1cc(C)c(C)c(Cn2c(C(C)O)nc3ccccc32)c1C. The van der Waals surface area contributed by atoms with Gasteiger partial charge in [0.15, 0.2) is 0 Å². The summed E-state index contributed by atoms with van der Waals surface area (Å²) in [7, 11) is 0. The Labute approximate surface area is 137 Å². The summed E-state index contributed by atoms with van der Waals surface area (Å²) in [6.45, 7) is 11.2. The average Bonchev–Trinajstić information content (AvgIpc) is 2.88. The first-order valence-electron chi connectivity index (χ1n) is 8.09. The van der Waals surface area contributed by atoms with E-state index in [9.17, 15) is 5.11 Å². The smallest absolute Gasteiger partial charge is 0.138 e. The van der Waals surface area contributed by atoms with Crippen molar-refractivity contribution in [3.63, 3.8) is 0 Å². The standard InChI is InChI=1S/C20H24N2O/c1-12-10-13(2)15(4)17(14(12)3)11-22-19-9-7-6-8-18(19)21-20(22)16(5)23/h6-10,16,23H,11H2,1-5H3. The van der Waals surface area contributed by atoms with Crippen LogP contribution in [0.4, 0.5) is 0 Å². The summed E-state index contributed by atoms with van der Waals surface area (Å²) in [6, 6.07) is 10.3. The maximum atomic E-state index is 10.1. The van der Waals surface area contributed by atoms with Crippen molar-refractivity contribution in [3.05, 3.63) is 64.0 Å². The Morgan fingerprint density at radius 1 is 1.04 bits per heavy atom. The maximum Gasteiger partial charge on any atom is 0.138 e. The van der Waals surface area contributed by atoms with Crippen molar-refractivity contribution in [1.29, 1.82) is 0 Å². The number of aliphatic hydroxyl groups is 1. The quantitative estimate of drug-likeness (QED) is 0.780. The number of hydrogen-bond acceptors (Lipinski definition) is 2. The van der Waals surface area contributed by atoms with E-state index in [4.69, 9.17) is 0 Å². The van der Waals surface area contributed by atoms with Crippen molar-refractivity contribution in [3.8, 4) is 0 Å². The lowest BCUT2D eigenvalue weighted by molar-refractivity contribution is 0.185. The van der Waals surface area contributed by atoms with Crippen LogP contribution in [0.1, 0.15) is 46.7 Å². The molecule has 3 heteroatoms. The fourth-order valence-electron chi connectivity index (χ4n) is 3.27. The molecule has 0 amide bonds. The van der Waals surface area contributed by atoms with Crippen LogP contribution >= 0.6 is 0 Å². The van der Waals surface area contributed by atoms with Crippen LogP contribution in [0.3, 0.4) is 0 Å². The summed E-state index contributed by atoms with van der Waals surface area (Å²) in [5.41, 5.74) is 8.60. The van der Waals surface area contributed by atoms with E-state index < -0.39 is 6.10 Å². The van der Waals surface area contributed by atoms with Crippen LogP contribution < -0.4 is 0 Å². The maximum absolute atomic E-state index is 10.1. The first-order valence-corrected chi connectivity index (χ1v) is 8.09. The molecule has 0 saturated heterocycles. The van der Waals surface area contributed by atoms with E-state index in [0.717, 1.165) is 23.4 Å². The van der Waals surface area contributed by atoms with Crippen LogP contribution in [0, 0.1) is 27.7 Å². The predicted molar refractivity (Wildman–Crippen MR) is 94.9 cm³/mol. The number of benzene rings is 2. The molecular weight excluding hydrogens is 284 g/mol. The zero-order valence-corrected chi connectivity index (χ0v) is 14.5. The van der Waals surface area contributed by atoms with Gasteiger partial charge in [0.05, 0.1) is 11.0 Å². The molecule has 1 aromatic heterocycles. The molecule has 0 aliphatic carbocycles. The molecule has 3 aromatic rings. The summed E-state index contributed by atoms with van der Waals surface area (Å²) in [6.07, 6.45) is -0.589. The van der Waals surface area contributed by atoms with Crippen LogP contribution in [0.5, 0.6) is 0 Å². The lowest BCUT2D eigenvalue weighted by atomic mass is 9.94. The summed E-state index contributed by atoms with van der Waals surface area (Å²) < 4.78 is 2.15. The number of imidazole rings is 1. The van der Waals surface area contributed by atoms with Gasteiger partial charge in [0.25, 0.3) is 0 Å². The molecule has 1 N–H and O–H groups in total. The number of hydrogen-bond donors (Lipinski definition) is 1. The Morgan fingerprint density at radius 2 is 1.65 bits per heavy atom. The molecule has 120 valence electrons. The average molecular weight is 308 g/mol. The number of aliphatic hydroxyl groups excluding tert-OH is 1. The topological polar surface area (TPSA) is 38.0 Å². The van der Waals surface area contributed by atoms with E-state index in [0.29, 0.717) is 0 Å². The molecule has 0 radical (unpaired) electrons. The lowest BCUT2D eigenvalue weighted by Gasteiger charge is -2.18. The lowest BCUT2D eigenvalue weighted by Crippen LogP contribution is -2.11. The second-order valence-corrected chi connectivity index (χ2v) is 6.46. The highest BCUT2D eigenvalue weighted by Crippen LogP contribution is 2.27. The van der Waals surface area contributed by atoms with Gasteiger partial charge in [0, 0.05) is 6.54 Å². The van der Waals surface area contributed by atoms with Crippen LogP contribution in [0.25, 0.3) is 11.0 Å². The molecular formula is C20H24N2O. The predicted octanol–water partition coefficient (Wildman–Crippen LogP) is 4.37. The zero-order chi connectivity index (χ0) is 16.7. The fraction of sp³-hybridized carbons (Fsp3) is 0.350. The fourth-order valence-corrected chi connectivity index (χ4v) is 3.27. The summed E-state index contributed by atoms with van der Waals surface area (Å²) in [4.78, 5) is 4.63. The highest BCUT2D eigenvalue weighted by Gasteiger charge is 2.17. The van der Waals surface area contributed by atoms with Crippen molar-refractivity contribution in [2.24, 2.45) is 0 Å². The molecule has 23 heavy (non-hydrogen) atoms. The minimum atomic E-state index is -0.589. The molecule has 0 bridgehead atoms. The Morgan fingerprint density at radius 3 is 2.26 bits per heavy atom. The summed E-state index contributed by atoms with van der Waals surface area (Å²) in [5, 5.41) is 10.1. The highest BCUT2D eigenvalue weighted by atomic mass is 16.3. The monoisotopic (exact) mass is 308 g/mol. The molecule has 0 aliphatic heterocycles. The number of nitrogens with zero attached hydrogens (tertiary/aromatic N) is 2. The third-order valence-corrected chi connectivity index (χ3v) is 4.90. The molecule has 0 aliphatic rings. The molecule has 1 atom stereocenters. The van der Waals surface area contributed by atoms with Crippen molar-refractivity contribution in [1.82, 2.24) is 9.55 Å². The Kier molecular flexibility index (Phi) is 3.99. The van der Waals surface area contributed by atoms with Gasteiger partial charge in [-0.3, -0.25) is 0 Å². The third-order valence-electron chi connectivity index (χ3n) is 4.90. The molecule has 0 spiro atoms. The Hall–Kier alpha value is -2.13. The molecule has 2 aromatic carbocycles. The van der Waals surface area contributed by atoms with Gasteiger partial charge >= 0.3 is 0 Å². The summed E-state index contributed by atoms with van der Waals surface area (Å²) >= 11 is 0. The van der Waals surface area contributed by atoms with E-state index in [-0.39, 0.29) is 0 Å². The minimum absolute atomic E-state index is 0.589. The van der Waals surface area contributed by atoms with E-state index in [1.54, 1.807) is 6.92 Å². The first-order chi connectivity index (χ1) is 10.9. The van der Waals surface area contributed by atoms with Gasteiger partial charge in [0.2, 0.25) is 0 Å². The van der Waals surface area contributed by atoms with Crippen LogP contribution in [0.15, 0.2) is 30.3 Å². The van der Waals surface area contributed by atoms with Crippen molar-refractivity contribution >= 4 is 11.0 Å². The van der Waals surface area contributed by atoms with Crippen molar-refractivity contribution in [2.75, 3.05) is 0 Å². The van der Waals surface area contributed by atoms with Gasteiger partial charge < -0.3 is 9.67 Å². The molecule has 3 rings (SSSR count). The number of aryl methyl sites for hydroxylation is 2. The Balaban J connectivity index is 2.21. The molecule has 1 unspecified atom stereocenters. The van der Waals surface area contributed by atoms with Gasteiger partial charge in [-0.05, 0) is 74.6 Å². The van der Waals surface area contributed by atoms with Crippen LogP contribution in [-0.2, 0) is 6.54 Å². The van der Waals surface area contributed by atoms with Crippen LogP contribution in [0.2, 0.25) is 0 Å². The van der Waals surface area contributed by atoms with E-state index in [1.165, 1.54) is 27.8 Å². The van der Waals surface area contributed by atoms with Gasteiger partial charge in [-0.1, -0.05) is 18.2 Å². The zero-order valence-electron chi connectivity index (χ0n) is 14.5. The van der Waals surface area contributed by atoms with Crippen LogP contribution in [-0.4, -0.2) is 14.7 Å². The van der Waals surface area contributed by atoms with Gasteiger partial charge in [-0.25, -0.2) is 4.98 Å². The second kappa shape index (κ2) is 5.82. The number of aromatic nitrogens is 2. The highest BCUT2D eigenvalue weighted by molar-refractivity contribution is 5.76. The first kappa shape index (κ1) is 15.8. The molecule has 0 fully saturated rings. The van der Waals surface area contributed by atoms with E-state index in [1.807, 2.05) is 18.2 Å². The minimum Gasteiger partial charge on any atom is -0.385 e. The number of rotatable bonds is 3. The normalized spacial score (nSPS) is 12.8. The number of fused-ring (bicyclic) bond motifs is 1. The second-order valence-electron chi connectivity index (χ2n) is 6.46. The van der Waals surface area contributed by atoms with E-state index in [2.05, 4.69) is 49.4 Å². The van der Waals surface area contributed by atoms with E-state index >= 15 is 0 Å². The summed E-state index contributed by atoms with van der Waals surface area (Å²) in [5.74, 6) is 0.726. The van der Waals surface area contributed by atoms with Gasteiger partial charge in [0.1, 0.15) is 11.9 Å².